The van der Waals surface area contributed by atoms with E-state index in [0.29, 0.717) is 17.9 Å². The van der Waals surface area contributed by atoms with Gasteiger partial charge in [0, 0.05) is 22.8 Å². The van der Waals surface area contributed by atoms with Crippen molar-refractivity contribution in [3.05, 3.63) is 16.1 Å². The quantitative estimate of drug-likeness (QED) is 0.704. The molecule has 1 heterocycles. The van der Waals surface area contributed by atoms with Crippen molar-refractivity contribution in [1.29, 1.82) is 0 Å². The molecule has 0 radical (unpaired) electrons. The van der Waals surface area contributed by atoms with Crippen molar-refractivity contribution in [2.75, 3.05) is 5.75 Å². The van der Waals surface area contributed by atoms with E-state index in [0.717, 1.165) is 12.1 Å². The molecule has 0 unspecified atom stereocenters. The Balaban J connectivity index is 2.49. The summed E-state index contributed by atoms with van der Waals surface area (Å²) in [5, 5.41) is 0. The van der Waals surface area contributed by atoms with Crippen LogP contribution in [0.5, 0.6) is 0 Å². The standard InChI is InChI=1S/C6H8FNS2/c1-5-6(2-3-10-7)9-4-8-5/h4H,2-3H2,1H3. The minimum atomic E-state index is 0.387. The van der Waals surface area contributed by atoms with Crippen LogP contribution in [-0.2, 0) is 6.42 Å². The van der Waals surface area contributed by atoms with Crippen LogP contribution in [0.15, 0.2) is 5.51 Å². The maximum absolute atomic E-state index is 11.6. The summed E-state index contributed by atoms with van der Waals surface area (Å²) in [5.74, 6) is 0.545. The van der Waals surface area contributed by atoms with E-state index in [1.54, 1.807) is 16.8 Å². The van der Waals surface area contributed by atoms with E-state index in [9.17, 15) is 3.89 Å². The Kier molecular flexibility index (Phi) is 3.15. The predicted molar refractivity (Wildman–Crippen MR) is 44.1 cm³/mol. The van der Waals surface area contributed by atoms with Gasteiger partial charge in [-0.25, -0.2) is 4.98 Å². The molecule has 0 aliphatic carbocycles. The highest BCUT2D eigenvalue weighted by atomic mass is 32.2. The molecule has 10 heavy (non-hydrogen) atoms. The normalized spacial score (nSPS) is 10.2. The third-order valence-corrected chi connectivity index (χ3v) is 2.60. The minimum Gasteiger partial charge on any atom is -0.250 e. The summed E-state index contributed by atoms with van der Waals surface area (Å²) in [6.45, 7) is 1.95. The average Bonchev–Trinajstić information content (AvgIpc) is 2.31. The lowest BCUT2D eigenvalue weighted by molar-refractivity contribution is 0.927. The van der Waals surface area contributed by atoms with Crippen LogP contribution in [0, 0.1) is 6.92 Å². The Labute approximate surface area is 68.0 Å². The molecular weight excluding hydrogens is 169 g/mol. The molecule has 0 aliphatic rings. The highest BCUT2D eigenvalue weighted by Crippen LogP contribution is 2.15. The van der Waals surface area contributed by atoms with Gasteiger partial charge in [0.1, 0.15) is 0 Å². The topological polar surface area (TPSA) is 12.9 Å². The molecule has 0 aliphatic heterocycles. The SMILES string of the molecule is Cc1ncsc1CCSF. The van der Waals surface area contributed by atoms with Gasteiger partial charge in [0.2, 0.25) is 0 Å². The number of nitrogens with zero attached hydrogens (tertiary/aromatic N) is 1. The molecule has 0 aromatic carbocycles. The molecule has 1 nitrogen and oxygen atoms in total. The fourth-order valence-corrected chi connectivity index (χ4v) is 1.89. The zero-order valence-corrected chi connectivity index (χ0v) is 7.27. The predicted octanol–water partition coefficient (Wildman–Crippen LogP) is 2.61. The van der Waals surface area contributed by atoms with Gasteiger partial charge in [0.25, 0.3) is 0 Å². The Morgan fingerprint density at radius 2 is 2.60 bits per heavy atom. The third-order valence-electron chi connectivity index (χ3n) is 1.25. The van der Waals surface area contributed by atoms with Gasteiger partial charge in [-0.2, -0.15) is 3.89 Å². The van der Waals surface area contributed by atoms with Crippen molar-refractivity contribution >= 4 is 23.5 Å². The Morgan fingerprint density at radius 3 is 3.10 bits per heavy atom. The van der Waals surface area contributed by atoms with E-state index < -0.39 is 0 Å². The molecule has 56 valence electrons. The van der Waals surface area contributed by atoms with Crippen LogP contribution in [0.3, 0.4) is 0 Å². The number of halogens is 1. The smallest absolute Gasteiger partial charge is 0.0797 e. The average molecular weight is 177 g/mol. The van der Waals surface area contributed by atoms with Gasteiger partial charge in [-0.15, -0.1) is 11.3 Å². The fourth-order valence-electron chi connectivity index (χ4n) is 0.697. The van der Waals surface area contributed by atoms with Gasteiger partial charge in [-0.1, -0.05) is 0 Å². The van der Waals surface area contributed by atoms with Crippen molar-refractivity contribution < 1.29 is 3.89 Å². The van der Waals surface area contributed by atoms with E-state index in [4.69, 9.17) is 0 Å². The summed E-state index contributed by atoms with van der Waals surface area (Å²) >= 11 is 1.99. The number of hydrogen-bond donors (Lipinski definition) is 0. The number of rotatable bonds is 3. The van der Waals surface area contributed by atoms with Crippen molar-refractivity contribution in [2.24, 2.45) is 0 Å². The Hall–Kier alpha value is -0.0900. The first-order valence-electron chi connectivity index (χ1n) is 2.97. The zero-order chi connectivity index (χ0) is 7.40. The van der Waals surface area contributed by atoms with Crippen molar-refractivity contribution in [1.82, 2.24) is 4.98 Å². The van der Waals surface area contributed by atoms with Crippen molar-refractivity contribution in [3.63, 3.8) is 0 Å². The lowest BCUT2D eigenvalue weighted by atomic mass is 10.3. The molecule has 0 bridgehead atoms. The molecule has 0 fully saturated rings. The molecule has 0 N–H and O–H groups in total. The molecule has 1 rings (SSSR count). The molecule has 0 spiro atoms. The molecule has 1 aromatic heterocycles. The number of aryl methyl sites for hydroxylation is 2. The van der Waals surface area contributed by atoms with Crippen molar-refractivity contribution in [3.8, 4) is 0 Å². The molecule has 0 amide bonds. The van der Waals surface area contributed by atoms with E-state index in [2.05, 4.69) is 4.98 Å². The number of hydrogen-bond acceptors (Lipinski definition) is 3. The molecule has 0 saturated heterocycles. The van der Waals surface area contributed by atoms with E-state index >= 15 is 0 Å². The Bertz CT molecular complexity index is 199. The molecular formula is C6H8FNS2. The van der Waals surface area contributed by atoms with Gasteiger partial charge in [0.15, 0.2) is 0 Å². The summed E-state index contributed by atoms with van der Waals surface area (Å²) in [6, 6.07) is 0. The highest BCUT2D eigenvalue weighted by molar-refractivity contribution is 7.94. The molecule has 0 saturated carbocycles. The second-order valence-electron chi connectivity index (χ2n) is 1.92. The van der Waals surface area contributed by atoms with Crippen LogP contribution in [-0.4, -0.2) is 10.7 Å². The summed E-state index contributed by atoms with van der Waals surface area (Å²) in [7, 11) is 0. The van der Waals surface area contributed by atoms with Crippen LogP contribution >= 0.6 is 23.5 Å². The van der Waals surface area contributed by atoms with Gasteiger partial charge >= 0.3 is 0 Å². The molecule has 4 heteroatoms. The van der Waals surface area contributed by atoms with Crippen LogP contribution in [0.4, 0.5) is 3.89 Å². The highest BCUT2D eigenvalue weighted by Gasteiger charge is 1.99. The summed E-state index contributed by atoms with van der Waals surface area (Å²) < 4.78 is 11.6. The van der Waals surface area contributed by atoms with Crippen LogP contribution in [0.25, 0.3) is 0 Å². The maximum atomic E-state index is 11.6. The van der Waals surface area contributed by atoms with Gasteiger partial charge in [-0.3, -0.25) is 0 Å². The maximum Gasteiger partial charge on any atom is 0.0797 e. The van der Waals surface area contributed by atoms with Gasteiger partial charge < -0.3 is 0 Å². The minimum absolute atomic E-state index is 0.387. The van der Waals surface area contributed by atoms with E-state index in [1.807, 2.05) is 6.92 Å². The first-order chi connectivity index (χ1) is 4.84. The van der Waals surface area contributed by atoms with Gasteiger partial charge in [-0.05, 0) is 13.3 Å². The second-order valence-corrected chi connectivity index (χ2v) is 3.49. The summed E-state index contributed by atoms with van der Waals surface area (Å²) in [5.41, 5.74) is 2.84. The van der Waals surface area contributed by atoms with Gasteiger partial charge in [0.05, 0.1) is 11.2 Å². The Morgan fingerprint density at radius 1 is 1.80 bits per heavy atom. The van der Waals surface area contributed by atoms with Crippen LogP contribution in [0.1, 0.15) is 10.6 Å². The molecule has 1 aromatic rings. The van der Waals surface area contributed by atoms with E-state index in [1.165, 1.54) is 4.88 Å². The lowest BCUT2D eigenvalue weighted by Crippen LogP contribution is -1.85. The number of aromatic nitrogens is 1. The first kappa shape index (κ1) is 8.01. The van der Waals surface area contributed by atoms with Crippen LogP contribution in [0.2, 0.25) is 0 Å². The zero-order valence-electron chi connectivity index (χ0n) is 5.63. The third kappa shape index (κ3) is 1.95. The van der Waals surface area contributed by atoms with E-state index in [-0.39, 0.29) is 0 Å². The lowest BCUT2D eigenvalue weighted by Gasteiger charge is -1.91. The monoisotopic (exact) mass is 177 g/mol. The fraction of sp³-hybridized carbons (Fsp3) is 0.500. The second kappa shape index (κ2) is 3.93. The molecule has 0 atom stereocenters. The largest absolute Gasteiger partial charge is 0.250 e. The van der Waals surface area contributed by atoms with Crippen LogP contribution < -0.4 is 0 Å². The number of thiazole rings is 1. The summed E-state index contributed by atoms with van der Waals surface area (Å²) in [4.78, 5) is 5.26. The van der Waals surface area contributed by atoms with Crippen molar-refractivity contribution in [2.45, 2.75) is 13.3 Å². The summed E-state index contributed by atoms with van der Waals surface area (Å²) in [6.07, 6.45) is 0.803. The first-order valence-corrected chi connectivity index (χ1v) is 4.73.